The molecular formula is C18H38N2. The van der Waals surface area contributed by atoms with Gasteiger partial charge in [0.1, 0.15) is 0 Å². The Bertz CT molecular complexity index is 288. The highest BCUT2D eigenvalue weighted by Gasteiger charge is 2.25. The molecule has 0 unspecified atom stereocenters. The van der Waals surface area contributed by atoms with Gasteiger partial charge in [-0.05, 0) is 80.3 Å². The van der Waals surface area contributed by atoms with Gasteiger partial charge in [0.2, 0.25) is 0 Å². The molecule has 0 atom stereocenters. The largest absolute Gasteiger partial charge is 0.370 e. The van der Waals surface area contributed by atoms with Gasteiger partial charge in [-0.25, -0.2) is 0 Å². The predicted octanol–water partition coefficient (Wildman–Crippen LogP) is 4.91. The van der Waals surface area contributed by atoms with Crippen LogP contribution in [0.2, 0.25) is 0 Å². The van der Waals surface area contributed by atoms with Gasteiger partial charge >= 0.3 is 0 Å². The van der Waals surface area contributed by atoms with Crippen LogP contribution in [0, 0.1) is 0 Å². The van der Waals surface area contributed by atoms with E-state index in [9.17, 15) is 0 Å². The molecule has 2 heteroatoms. The van der Waals surface area contributed by atoms with Crippen molar-refractivity contribution in [3.8, 4) is 0 Å². The van der Waals surface area contributed by atoms with E-state index in [0.717, 1.165) is 0 Å². The highest BCUT2D eigenvalue weighted by atomic mass is 15.2. The Kier molecular flexibility index (Phi) is 7.30. The molecule has 2 fully saturated rings. The normalized spacial score (nSPS) is 20.5. The SMILES string of the molecule is C.C=C1CCCN1C(C)(C)C.CC(C)(C)N1CCCC1. The Balaban J connectivity index is 0.000000345. The van der Waals surface area contributed by atoms with Crippen LogP contribution in [0.3, 0.4) is 0 Å². The third-order valence-corrected chi connectivity index (χ3v) is 4.09. The van der Waals surface area contributed by atoms with Gasteiger partial charge in [-0.1, -0.05) is 14.0 Å². The van der Waals surface area contributed by atoms with E-state index in [1.54, 1.807) is 0 Å². The third-order valence-electron chi connectivity index (χ3n) is 4.09. The van der Waals surface area contributed by atoms with E-state index in [-0.39, 0.29) is 13.0 Å². The summed E-state index contributed by atoms with van der Waals surface area (Å²) in [7, 11) is 0. The molecule has 2 heterocycles. The Morgan fingerprint density at radius 3 is 1.50 bits per heavy atom. The van der Waals surface area contributed by atoms with Gasteiger partial charge in [0.05, 0.1) is 0 Å². The van der Waals surface area contributed by atoms with Crippen LogP contribution < -0.4 is 0 Å². The van der Waals surface area contributed by atoms with E-state index in [4.69, 9.17) is 0 Å². The molecule has 0 N–H and O–H groups in total. The second-order valence-electron chi connectivity index (χ2n) is 7.86. The number of allylic oxidation sites excluding steroid dienone is 1. The van der Waals surface area contributed by atoms with Gasteiger partial charge in [0.15, 0.2) is 0 Å². The van der Waals surface area contributed by atoms with Crippen molar-refractivity contribution in [3.63, 3.8) is 0 Å². The lowest BCUT2D eigenvalue weighted by Gasteiger charge is -2.34. The lowest BCUT2D eigenvalue weighted by atomic mass is 10.1. The van der Waals surface area contributed by atoms with Crippen molar-refractivity contribution in [1.29, 1.82) is 0 Å². The summed E-state index contributed by atoms with van der Waals surface area (Å²) >= 11 is 0. The second kappa shape index (κ2) is 7.49. The number of likely N-dealkylation sites (tertiary alicyclic amines) is 2. The number of hydrogen-bond donors (Lipinski definition) is 0. The van der Waals surface area contributed by atoms with Gasteiger partial charge in [0, 0.05) is 23.3 Å². The molecule has 0 spiro atoms. The van der Waals surface area contributed by atoms with Crippen molar-refractivity contribution in [2.45, 2.75) is 85.7 Å². The molecule has 120 valence electrons. The van der Waals surface area contributed by atoms with Crippen molar-refractivity contribution in [3.05, 3.63) is 12.3 Å². The molecule has 2 saturated heterocycles. The Labute approximate surface area is 128 Å². The zero-order valence-corrected chi connectivity index (χ0v) is 14.1. The van der Waals surface area contributed by atoms with Gasteiger partial charge in [0.25, 0.3) is 0 Å². The van der Waals surface area contributed by atoms with E-state index in [1.165, 1.54) is 51.0 Å². The first-order chi connectivity index (χ1) is 8.62. The summed E-state index contributed by atoms with van der Waals surface area (Å²) in [6.45, 7) is 21.4. The standard InChI is InChI=1S/C9H17N.C8H17N.CH4/c1-8-6-5-7-10(8)9(2,3)4;1-8(2,3)9-6-4-5-7-9;/h1,5-7H2,2-4H3;4-7H2,1-3H3;1H4. The maximum atomic E-state index is 4.03. The van der Waals surface area contributed by atoms with Crippen LogP contribution in [0.4, 0.5) is 0 Å². The van der Waals surface area contributed by atoms with Crippen molar-refractivity contribution >= 4 is 0 Å². The minimum absolute atomic E-state index is 0. The summed E-state index contributed by atoms with van der Waals surface area (Å²) in [4.78, 5) is 4.94. The summed E-state index contributed by atoms with van der Waals surface area (Å²) in [5, 5.41) is 0. The molecule has 2 aliphatic rings. The van der Waals surface area contributed by atoms with Crippen LogP contribution in [-0.4, -0.2) is 40.5 Å². The van der Waals surface area contributed by atoms with E-state index in [2.05, 4.69) is 57.9 Å². The topological polar surface area (TPSA) is 6.48 Å². The highest BCUT2D eigenvalue weighted by Crippen LogP contribution is 2.27. The number of nitrogens with zero attached hydrogens (tertiary/aromatic N) is 2. The lowest BCUT2D eigenvalue weighted by Crippen LogP contribution is -2.38. The average molecular weight is 283 g/mol. The minimum atomic E-state index is 0. The quantitative estimate of drug-likeness (QED) is 0.623. The van der Waals surface area contributed by atoms with E-state index >= 15 is 0 Å². The molecule has 0 amide bonds. The summed E-state index contributed by atoms with van der Waals surface area (Å²) < 4.78 is 0. The summed E-state index contributed by atoms with van der Waals surface area (Å²) in [5.74, 6) is 0. The number of rotatable bonds is 0. The van der Waals surface area contributed by atoms with Crippen LogP contribution in [0.1, 0.15) is 74.7 Å². The Morgan fingerprint density at radius 1 is 0.800 bits per heavy atom. The molecule has 0 aromatic heterocycles. The van der Waals surface area contributed by atoms with Crippen LogP contribution in [-0.2, 0) is 0 Å². The molecule has 20 heavy (non-hydrogen) atoms. The Morgan fingerprint density at radius 2 is 1.30 bits per heavy atom. The van der Waals surface area contributed by atoms with Gasteiger partial charge in [-0.2, -0.15) is 0 Å². The monoisotopic (exact) mass is 282 g/mol. The first-order valence-electron chi connectivity index (χ1n) is 7.83. The van der Waals surface area contributed by atoms with E-state index in [1.807, 2.05) is 0 Å². The molecule has 2 nitrogen and oxygen atoms in total. The zero-order chi connectivity index (χ0) is 14.7. The molecule has 0 aliphatic carbocycles. The fraction of sp³-hybridized carbons (Fsp3) is 0.889. The fourth-order valence-electron chi connectivity index (χ4n) is 2.93. The minimum Gasteiger partial charge on any atom is -0.370 e. The van der Waals surface area contributed by atoms with Crippen LogP contribution in [0.15, 0.2) is 12.3 Å². The average Bonchev–Trinajstić information content (AvgIpc) is 2.84. The van der Waals surface area contributed by atoms with Crippen LogP contribution >= 0.6 is 0 Å². The smallest absolute Gasteiger partial charge is 0.0314 e. The lowest BCUT2D eigenvalue weighted by molar-refractivity contribution is 0.175. The molecule has 2 rings (SSSR count). The fourth-order valence-corrected chi connectivity index (χ4v) is 2.93. The predicted molar refractivity (Wildman–Crippen MR) is 92.1 cm³/mol. The Hall–Kier alpha value is -0.500. The van der Waals surface area contributed by atoms with Gasteiger partial charge < -0.3 is 4.90 Å². The first-order valence-corrected chi connectivity index (χ1v) is 7.83. The summed E-state index contributed by atoms with van der Waals surface area (Å²) in [5.41, 5.74) is 2.01. The summed E-state index contributed by atoms with van der Waals surface area (Å²) in [6, 6.07) is 0. The van der Waals surface area contributed by atoms with Crippen molar-refractivity contribution in [2.75, 3.05) is 19.6 Å². The zero-order valence-electron chi connectivity index (χ0n) is 14.1. The van der Waals surface area contributed by atoms with Crippen molar-refractivity contribution in [2.24, 2.45) is 0 Å². The molecule has 0 aromatic carbocycles. The van der Waals surface area contributed by atoms with Gasteiger partial charge in [-0.15, -0.1) is 0 Å². The second-order valence-corrected chi connectivity index (χ2v) is 7.86. The molecule has 0 radical (unpaired) electrons. The molecular weight excluding hydrogens is 244 g/mol. The number of hydrogen-bond acceptors (Lipinski definition) is 2. The molecule has 2 aliphatic heterocycles. The molecule has 0 saturated carbocycles. The van der Waals surface area contributed by atoms with Gasteiger partial charge in [-0.3, -0.25) is 4.90 Å². The van der Waals surface area contributed by atoms with Crippen molar-refractivity contribution < 1.29 is 0 Å². The summed E-state index contributed by atoms with van der Waals surface area (Å²) in [6.07, 6.45) is 5.28. The third kappa shape index (κ3) is 5.87. The van der Waals surface area contributed by atoms with Crippen molar-refractivity contribution in [1.82, 2.24) is 9.80 Å². The van der Waals surface area contributed by atoms with E-state index < -0.39 is 0 Å². The molecule has 0 bridgehead atoms. The highest BCUT2D eigenvalue weighted by molar-refractivity contribution is 5.04. The van der Waals surface area contributed by atoms with Crippen LogP contribution in [0.25, 0.3) is 0 Å². The maximum Gasteiger partial charge on any atom is 0.0314 e. The first kappa shape index (κ1) is 19.5. The van der Waals surface area contributed by atoms with E-state index in [0.29, 0.717) is 5.54 Å². The molecule has 0 aromatic rings. The van der Waals surface area contributed by atoms with Crippen LogP contribution in [0.5, 0.6) is 0 Å². The maximum absolute atomic E-state index is 4.03.